The van der Waals surface area contributed by atoms with E-state index in [0.717, 1.165) is 0 Å². The van der Waals surface area contributed by atoms with Crippen LogP contribution in [0.2, 0.25) is 0 Å². The Morgan fingerprint density at radius 3 is 1.55 bits per heavy atom. The third kappa shape index (κ3) is 4.19. The molecule has 0 rings (SSSR count). The monoisotopic (exact) mass is 174 g/mol. The van der Waals surface area contributed by atoms with E-state index in [2.05, 4.69) is 4.74 Å². The average molecular weight is 174 g/mol. The minimum absolute atomic E-state index is 0.607. The van der Waals surface area contributed by atoms with Gasteiger partial charge in [0.1, 0.15) is 6.10 Å². The molecule has 0 aromatic carbocycles. The molecule has 0 spiro atoms. The second-order valence-corrected chi connectivity index (χ2v) is 2.44. The Kier molecular flexibility index (Phi) is 4.40. The van der Waals surface area contributed by atoms with E-state index in [-0.39, 0.29) is 0 Å². The maximum atomic E-state index is 11.9. The van der Waals surface area contributed by atoms with E-state index in [9.17, 15) is 17.6 Å². The third-order valence-corrected chi connectivity index (χ3v) is 1.17. The standard InChI is InChI=1S/C6H10F4O/c1-3(2)4(5(7)8)11-6(9)10/h3-6H,1-2H3. The highest BCUT2D eigenvalue weighted by molar-refractivity contribution is 4.64. The fourth-order valence-corrected chi connectivity index (χ4v) is 0.626. The molecule has 0 saturated heterocycles. The minimum Gasteiger partial charge on any atom is -0.313 e. The lowest BCUT2D eigenvalue weighted by atomic mass is 10.1. The van der Waals surface area contributed by atoms with Crippen LogP contribution in [0.4, 0.5) is 17.6 Å². The molecule has 0 aliphatic heterocycles. The molecular weight excluding hydrogens is 164 g/mol. The van der Waals surface area contributed by atoms with Crippen molar-refractivity contribution < 1.29 is 22.3 Å². The van der Waals surface area contributed by atoms with Crippen LogP contribution in [0.3, 0.4) is 0 Å². The van der Waals surface area contributed by atoms with Crippen molar-refractivity contribution in [1.29, 1.82) is 0 Å². The van der Waals surface area contributed by atoms with Crippen LogP contribution in [-0.4, -0.2) is 19.1 Å². The Balaban J connectivity index is 3.90. The molecule has 0 heterocycles. The Hall–Kier alpha value is -0.320. The predicted octanol–water partition coefficient (Wildman–Crippen LogP) is 2.52. The second kappa shape index (κ2) is 4.54. The molecule has 0 bridgehead atoms. The quantitative estimate of drug-likeness (QED) is 0.595. The van der Waals surface area contributed by atoms with Gasteiger partial charge in [0, 0.05) is 0 Å². The Morgan fingerprint density at radius 2 is 1.45 bits per heavy atom. The highest BCUT2D eigenvalue weighted by atomic mass is 19.3. The molecule has 11 heavy (non-hydrogen) atoms. The van der Waals surface area contributed by atoms with Gasteiger partial charge in [-0.05, 0) is 5.92 Å². The first-order chi connectivity index (χ1) is 4.95. The Bertz CT molecular complexity index is 96.8. The zero-order valence-corrected chi connectivity index (χ0v) is 6.23. The summed E-state index contributed by atoms with van der Waals surface area (Å²) in [6.45, 7) is -0.324. The number of hydrogen-bond acceptors (Lipinski definition) is 1. The van der Waals surface area contributed by atoms with Gasteiger partial charge in [0.15, 0.2) is 0 Å². The lowest BCUT2D eigenvalue weighted by molar-refractivity contribution is -0.206. The van der Waals surface area contributed by atoms with E-state index in [4.69, 9.17) is 0 Å². The van der Waals surface area contributed by atoms with Crippen LogP contribution in [-0.2, 0) is 4.74 Å². The molecule has 0 fully saturated rings. The molecule has 0 aromatic rings. The maximum absolute atomic E-state index is 11.9. The van der Waals surface area contributed by atoms with Crippen LogP contribution in [0.5, 0.6) is 0 Å². The zero-order valence-electron chi connectivity index (χ0n) is 6.23. The van der Waals surface area contributed by atoms with Crippen molar-refractivity contribution in [1.82, 2.24) is 0 Å². The number of rotatable bonds is 4. The lowest BCUT2D eigenvalue weighted by Gasteiger charge is -2.19. The summed E-state index contributed by atoms with van der Waals surface area (Å²) in [6.07, 6.45) is -4.53. The second-order valence-electron chi connectivity index (χ2n) is 2.44. The molecule has 0 aliphatic rings. The molecular formula is C6H10F4O. The zero-order chi connectivity index (χ0) is 9.02. The smallest absolute Gasteiger partial charge is 0.313 e. The predicted molar refractivity (Wildman–Crippen MR) is 31.7 cm³/mol. The van der Waals surface area contributed by atoms with Gasteiger partial charge in [-0.25, -0.2) is 8.78 Å². The van der Waals surface area contributed by atoms with Crippen LogP contribution in [0, 0.1) is 5.92 Å². The number of ether oxygens (including phenoxy) is 1. The minimum atomic E-state index is -3.13. The normalized spacial score (nSPS) is 15.0. The SMILES string of the molecule is CC(C)C(OC(F)F)C(F)F. The van der Waals surface area contributed by atoms with Crippen LogP contribution in [0.15, 0.2) is 0 Å². The van der Waals surface area contributed by atoms with Crippen LogP contribution in [0.1, 0.15) is 13.8 Å². The largest absolute Gasteiger partial charge is 0.345 e. The Labute approximate surface area is 62.3 Å². The highest BCUT2D eigenvalue weighted by Crippen LogP contribution is 2.17. The molecule has 1 unspecified atom stereocenters. The molecule has 68 valence electrons. The molecule has 0 radical (unpaired) electrons. The molecule has 0 N–H and O–H groups in total. The molecule has 1 nitrogen and oxygen atoms in total. The van der Waals surface area contributed by atoms with Crippen molar-refractivity contribution in [2.45, 2.75) is 33.0 Å². The summed E-state index contributed by atoms with van der Waals surface area (Å²) in [5, 5.41) is 0. The van der Waals surface area contributed by atoms with Gasteiger partial charge in [-0.2, -0.15) is 8.78 Å². The summed E-state index contributed by atoms with van der Waals surface area (Å²) >= 11 is 0. The van der Waals surface area contributed by atoms with E-state index in [1.807, 2.05) is 0 Å². The number of hydrogen-bond donors (Lipinski definition) is 0. The van der Waals surface area contributed by atoms with Gasteiger partial charge >= 0.3 is 6.61 Å². The Morgan fingerprint density at radius 1 is 1.00 bits per heavy atom. The molecule has 0 saturated carbocycles. The van der Waals surface area contributed by atoms with E-state index >= 15 is 0 Å². The molecule has 0 aromatic heterocycles. The van der Waals surface area contributed by atoms with Crippen LogP contribution >= 0.6 is 0 Å². The van der Waals surface area contributed by atoms with Gasteiger partial charge in [-0.1, -0.05) is 13.8 Å². The van der Waals surface area contributed by atoms with Crippen molar-refractivity contribution in [2.75, 3.05) is 0 Å². The van der Waals surface area contributed by atoms with Gasteiger partial charge in [0.25, 0.3) is 6.43 Å². The summed E-state index contributed by atoms with van der Waals surface area (Å²) in [4.78, 5) is 0. The molecule has 5 heteroatoms. The van der Waals surface area contributed by atoms with Crippen molar-refractivity contribution in [3.05, 3.63) is 0 Å². The van der Waals surface area contributed by atoms with Crippen LogP contribution < -0.4 is 0 Å². The maximum Gasteiger partial charge on any atom is 0.345 e. The fraction of sp³-hybridized carbons (Fsp3) is 1.00. The van der Waals surface area contributed by atoms with Gasteiger partial charge in [0.05, 0.1) is 0 Å². The van der Waals surface area contributed by atoms with Gasteiger partial charge < -0.3 is 4.74 Å². The summed E-state index contributed by atoms with van der Waals surface area (Å²) in [5.41, 5.74) is 0. The van der Waals surface area contributed by atoms with Crippen molar-refractivity contribution >= 4 is 0 Å². The highest BCUT2D eigenvalue weighted by Gasteiger charge is 2.27. The summed E-state index contributed by atoms with van der Waals surface area (Å²) < 4.78 is 50.3. The average Bonchev–Trinajstić information content (AvgIpc) is 1.81. The molecule has 1 atom stereocenters. The molecule has 0 aliphatic carbocycles. The van der Waals surface area contributed by atoms with Gasteiger partial charge in [0.2, 0.25) is 0 Å². The van der Waals surface area contributed by atoms with E-state index in [1.165, 1.54) is 13.8 Å². The fourth-order valence-electron chi connectivity index (χ4n) is 0.626. The van der Waals surface area contributed by atoms with Crippen LogP contribution in [0.25, 0.3) is 0 Å². The van der Waals surface area contributed by atoms with Gasteiger partial charge in [-0.15, -0.1) is 0 Å². The van der Waals surface area contributed by atoms with Gasteiger partial charge in [-0.3, -0.25) is 0 Å². The summed E-state index contributed by atoms with van der Waals surface area (Å²) in [7, 11) is 0. The van der Waals surface area contributed by atoms with Crippen molar-refractivity contribution in [2.24, 2.45) is 5.92 Å². The third-order valence-electron chi connectivity index (χ3n) is 1.17. The molecule has 0 amide bonds. The van der Waals surface area contributed by atoms with Crippen molar-refractivity contribution in [3.8, 4) is 0 Å². The number of alkyl halides is 4. The first kappa shape index (κ1) is 10.7. The number of halogens is 4. The van der Waals surface area contributed by atoms with Crippen molar-refractivity contribution in [3.63, 3.8) is 0 Å². The topological polar surface area (TPSA) is 9.23 Å². The first-order valence-corrected chi connectivity index (χ1v) is 3.17. The van der Waals surface area contributed by atoms with E-state index in [1.54, 1.807) is 0 Å². The van der Waals surface area contributed by atoms with E-state index < -0.39 is 25.1 Å². The summed E-state index contributed by atoms with van der Waals surface area (Å²) in [6, 6.07) is 0. The van der Waals surface area contributed by atoms with E-state index in [0.29, 0.717) is 0 Å². The summed E-state index contributed by atoms with van der Waals surface area (Å²) in [5.74, 6) is -0.607. The first-order valence-electron chi connectivity index (χ1n) is 3.17. The lowest BCUT2D eigenvalue weighted by Crippen LogP contribution is -2.29.